The van der Waals surface area contributed by atoms with E-state index < -0.39 is 23.9 Å². The topological polar surface area (TPSA) is 179 Å². The molecule has 0 radical (unpaired) electrons. The molecule has 0 spiro atoms. The number of amides is 6. The second-order valence-corrected chi connectivity index (χ2v) is 17.7. The summed E-state index contributed by atoms with van der Waals surface area (Å²) < 4.78 is 14.8. The second-order valence-electron chi connectivity index (χ2n) is 17.7. The lowest BCUT2D eigenvalue weighted by molar-refractivity contribution is -0.133. The van der Waals surface area contributed by atoms with Crippen LogP contribution >= 0.6 is 0 Å². The van der Waals surface area contributed by atoms with Crippen molar-refractivity contribution in [2.24, 2.45) is 11.8 Å². The lowest BCUT2D eigenvalue weighted by Gasteiger charge is -2.19. The van der Waals surface area contributed by atoms with Crippen molar-refractivity contribution in [3.8, 4) is 11.3 Å². The lowest BCUT2D eigenvalue weighted by atomic mass is 9.94. The summed E-state index contributed by atoms with van der Waals surface area (Å²) in [4.78, 5) is 69.8. The van der Waals surface area contributed by atoms with Crippen LogP contribution in [0.4, 0.5) is 9.18 Å². The quantitative estimate of drug-likeness (QED) is 0.0620. The number of aromatic nitrogens is 3. The molecule has 4 aromatic carbocycles. The summed E-state index contributed by atoms with van der Waals surface area (Å²) >= 11 is 0. The third-order valence-corrected chi connectivity index (χ3v) is 12.9. The molecule has 2 heterocycles. The van der Waals surface area contributed by atoms with Crippen LogP contribution in [0.15, 0.2) is 115 Å². The molecule has 1 saturated heterocycles. The molecule has 8 rings (SSSR count). The highest BCUT2D eigenvalue weighted by molar-refractivity contribution is 5.97. The summed E-state index contributed by atoms with van der Waals surface area (Å²) in [5.74, 6) is -2.37. The van der Waals surface area contributed by atoms with Gasteiger partial charge in [-0.2, -0.15) is 0 Å². The highest BCUT2D eigenvalue weighted by atomic mass is 19.1. The van der Waals surface area contributed by atoms with Crippen LogP contribution < -0.4 is 26.6 Å². The van der Waals surface area contributed by atoms with Gasteiger partial charge in [0.05, 0.1) is 24.6 Å². The Morgan fingerprint density at radius 1 is 0.712 bits per heavy atom. The fraction of sp³-hybridized carbons (Fsp3) is 0.392. The van der Waals surface area contributed by atoms with E-state index in [1.165, 1.54) is 27.9 Å². The van der Waals surface area contributed by atoms with E-state index >= 15 is 0 Å². The molecule has 3 fully saturated rings. The van der Waals surface area contributed by atoms with Gasteiger partial charge < -0.3 is 31.5 Å². The molecular weight excluding hydrogens is 838 g/mol. The second kappa shape index (κ2) is 21.4. The lowest BCUT2D eigenvalue weighted by Crippen LogP contribution is -2.52. The highest BCUT2D eigenvalue weighted by Gasteiger charge is 2.49. The van der Waals surface area contributed by atoms with Gasteiger partial charge in [-0.3, -0.25) is 19.2 Å². The van der Waals surface area contributed by atoms with Crippen molar-refractivity contribution in [2.75, 3.05) is 26.2 Å². The minimum Gasteiger partial charge on any atom is -0.354 e. The molecule has 66 heavy (non-hydrogen) atoms. The molecule has 5 aromatic rings. The van der Waals surface area contributed by atoms with Crippen molar-refractivity contribution >= 4 is 29.7 Å². The number of nitrogens with zero attached hydrogens (tertiary/aromatic N) is 4. The van der Waals surface area contributed by atoms with Gasteiger partial charge in [0, 0.05) is 61.2 Å². The SMILES string of the molecule is CCCCCCNC(=O)[C@H](Cn1cc(-c2ccc(C(=O)N3C[C@@H](C(=O)N[C@H]4C[C@@H]4c4ccccc4)[C@H](C(=O)N[C@H]4C[C@@H]4c4ccccc4)C3)cc2)nn1)NC(=O)NCCc1ccc(F)cc1. The number of rotatable bonds is 20. The largest absolute Gasteiger partial charge is 0.354 e. The summed E-state index contributed by atoms with van der Waals surface area (Å²) in [5.41, 5.74) is 4.76. The molecule has 2 saturated carbocycles. The van der Waals surface area contributed by atoms with Crippen molar-refractivity contribution in [3.63, 3.8) is 0 Å². The van der Waals surface area contributed by atoms with E-state index in [-0.39, 0.29) is 79.5 Å². The molecule has 14 nitrogen and oxygen atoms in total. The first-order valence-electron chi connectivity index (χ1n) is 23.2. The van der Waals surface area contributed by atoms with Crippen molar-refractivity contribution in [1.29, 1.82) is 0 Å². The van der Waals surface area contributed by atoms with Crippen LogP contribution in [0.5, 0.6) is 0 Å². The number of likely N-dealkylation sites (tertiary alicyclic amines) is 1. The first kappa shape index (κ1) is 45.7. The van der Waals surface area contributed by atoms with E-state index in [1.807, 2.05) is 36.4 Å². The number of hydrogen-bond acceptors (Lipinski definition) is 7. The number of halogens is 1. The van der Waals surface area contributed by atoms with Gasteiger partial charge in [-0.1, -0.05) is 116 Å². The summed E-state index contributed by atoms with van der Waals surface area (Å²) in [6.07, 6.45) is 7.74. The van der Waals surface area contributed by atoms with Crippen molar-refractivity contribution in [1.82, 2.24) is 46.5 Å². The Labute approximate surface area is 384 Å². The summed E-state index contributed by atoms with van der Waals surface area (Å²) in [7, 11) is 0. The highest BCUT2D eigenvalue weighted by Crippen LogP contribution is 2.42. The minimum atomic E-state index is -0.960. The van der Waals surface area contributed by atoms with Crippen LogP contribution in [0, 0.1) is 17.7 Å². The van der Waals surface area contributed by atoms with Crippen LogP contribution in [0.25, 0.3) is 11.3 Å². The maximum atomic E-state index is 14.1. The molecule has 0 bridgehead atoms. The zero-order valence-electron chi connectivity index (χ0n) is 37.2. The Bertz CT molecular complexity index is 2380. The van der Waals surface area contributed by atoms with E-state index in [4.69, 9.17) is 0 Å². The molecular formula is C51H58FN9O5. The van der Waals surface area contributed by atoms with E-state index in [0.29, 0.717) is 29.8 Å². The Hall–Kier alpha value is -6.90. The molecule has 1 aliphatic heterocycles. The third-order valence-electron chi connectivity index (χ3n) is 12.9. The number of hydrogen-bond donors (Lipinski definition) is 5. The summed E-state index contributed by atoms with van der Waals surface area (Å²) in [6.45, 7) is 3.11. The minimum absolute atomic E-state index is 0.00943. The fourth-order valence-corrected chi connectivity index (χ4v) is 8.86. The Kier molecular flexibility index (Phi) is 14.8. The van der Waals surface area contributed by atoms with E-state index in [0.717, 1.165) is 44.1 Å². The van der Waals surface area contributed by atoms with Crippen LogP contribution in [0.3, 0.4) is 0 Å². The smallest absolute Gasteiger partial charge is 0.315 e. The monoisotopic (exact) mass is 895 g/mol. The van der Waals surface area contributed by atoms with Crippen LogP contribution in [-0.2, 0) is 27.3 Å². The van der Waals surface area contributed by atoms with Crippen molar-refractivity contribution in [3.05, 3.63) is 143 Å². The first-order chi connectivity index (χ1) is 32.1. The molecule has 1 aromatic heterocycles. The number of unbranched alkanes of at least 4 members (excludes halogenated alkanes) is 3. The van der Waals surface area contributed by atoms with Gasteiger partial charge in [0.2, 0.25) is 17.7 Å². The Balaban J connectivity index is 0.896. The standard InChI is InChI=1S/C51H58FN9O5/c1-2-3-4-11-25-53-49(64)46(57-51(66)54-26-24-33-16-22-38(52)23-17-33)32-61-31-45(58-59-61)36-18-20-37(21-19-36)50(65)60-29-41(47(62)55-43-27-39(43)34-12-7-5-8-13-34)42(30-60)48(63)56-44-28-40(44)35-14-9-6-10-15-35/h5-10,12-23,31,39-44,46H,2-4,11,24-30,32H2,1H3,(H,53,64)(H,55,62)(H,56,63)(H2,54,57,66)/t39-,40-,41-,42-,43+,44+,46+/m1/s1. The van der Waals surface area contributed by atoms with Crippen molar-refractivity contribution in [2.45, 2.75) is 88.4 Å². The molecule has 7 atom stereocenters. The van der Waals surface area contributed by atoms with Crippen LogP contribution in [0.1, 0.15) is 84.3 Å². The van der Waals surface area contributed by atoms with Gasteiger partial charge in [0.1, 0.15) is 17.6 Å². The van der Waals surface area contributed by atoms with Gasteiger partial charge in [-0.15, -0.1) is 5.10 Å². The fourth-order valence-electron chi connectivity index (χ4n) is 8.86. The average molecular weight is 896 g/mol. The first-order valence-corrected chi connectivity index (χ1v) is 23.2. The summed E-state index contributed by atoms with van der Waals surface area (Å²) in [5, 5.41) is 23.4. The predicted octanol–water partition coefficient (Wildman–Crippen LogP) is 5.72. The average Bonchev–Trinajstić information content (AvgIpc) is 4.17. The number of urea groups is 1. The molecule has 15 heteroatoms. The molecule has 344 valence electrons. The van der Waals surface area contributed by atoms with E-state index in [9.17, 15) is 28.4 Å². The normalized spacial score (nSPS) is 21.0. The van der Waals surface area contributed by atoms with Crippen LogP contribution in [-0.4, -0.2) is 93.9 Å². The molecule has 0 unspecified atom stereocenters. The molecule has 5 N–H and O–H groups in total. The maximum absolute atomic E-state index is 14.1. The van der Waals surface area contributed by atoms with Gasteiger partial charge >= 0.3 is 6.03 Å². The van der Waals surface area contributed by atoms with E-state index in [1.54, 1.807) is 47.5 Å². The molecule has 2 aliphatic carbocycles. The number of carbonyl (C=O) groups is 5. The maximum Gasteiger partial charge on any atom is 0.315 e. The van der Waals surface area contributed by atoms with Gasteiger partial charge in [0.25, 0.3) is 5.91 Å². The molecule has 3 aliphatic rings. The number of carbonyl (C=O) groups excluding carboxylic acids is 5. The third kappa shape index (κ3) is 11.9. The predicted molar refractivity (Wildman–Crippen MR) is 247 cm³/mol. The number of nitrogens with one attached hydrogen (secondary N) is 5. The van der Waals surface area contributed by atoms with Crippen molar-refractivity contribution < 1.29 is 28.4 Å². The zero-order chi connectivity index (χ0) is 46.0. The van der Waals surface area contributed by atoms with Gasteiger partial charge in [-0.05, 0) is 66.6 Å². The molecule has 6 amide bonds. The van der Waals surface area contributed by atoms with Crippen LogP contribution in [0.2, 0.25) is 0 Å². The number of benzene rings is 4. The Morgan fingerprint density at radius 2 is 1.32 bits per heavy atom. The summed E-state index contributed by atoms with van der Waals surface area (Å²) in [6, 6.07) is 31.6. The van der Waals surface area contributed by atoms with Gasteiger partial charge in [-0.25, -0.2) is 13.9 Å². The Morgan fingerprint density at radius 3 is 1.91 bits per heavy atom. The zero-order valence-corrected chi connectivity index (χ0v) is 37.2. The van der Waals surface area contributed by atoms with Gasteiger partial charge in [0.15, 0.2) is 0 Å². The van der Waals surface area contributed by atoms with E-state index in [2.05, 4.69) is 68.1 Å².